The van der Waals surface area contributed by atoms with Crippen molar-refractivity contribution >= 4 is 49.8 Å². The lowest BCUT2D eigenvalue weighted by molar-refractivity contribution is -0.146. The van der Waals surface area contributed by atoms with Gasteiger partial charge in [0, 0.05) is 12.4 Å². The number of nitriles is 2. The number of carbonyl (C=O) groups excluding carboxylic acids is 2. The highest BCUT2D eigenvalue weighted by Gasteiger charge is 2.59. The second-order valence-electron chi connectivity index (χ2n) is 19.6. The molecule has 3 aromatic carbocycles. The number of carbonyl (C=O) groups is 2. The molecule has 0 saturated carbocycles. The summed E-state index contributed by atoms with van der Waals surface area (Å²) in [6.45, 7) is 5.77. The van der Waals surface area contributed by atoms with Crippen molar-refractivity contribution in [3.8, 4) is 23.6 Å². The molecule has 6 heterocycles. The number of benzene rings is 3. The fourth-order valence-corrected chi connectivity index (χ4v) is 12.5. The number of rotatable bonds is 23. The van der Waals surface area contributed by atoms with E-state index >= 15 is 0 Å². The SMILES string of the molecule is CCOC(=O)[C@@H](NP(=O)(OC[C@H]1O[C@@](C#N)(c2ccc3c(N)ccnn23)[C@H](O)[C@@H]1O)Oc1ccccc1)C(C)C.CCOC(=O)[C@H](Cc1ccccc1)NP(=O)(OC[C@H]1O[C@@](C#N)(c2ccc3c(N)ccnn23)[C@H](O)[C@@H]1O)Oc1ccccc1. The molecular formula is C56H64N10O16P2. The number of nitrogens with two attached hydrogens (primary N) is 2. The average molecular weight is 1200 g/mol. The number of hydrogen-bond donors (Lipinski definition) is 8. The van der Waals surface area contributed by atoms with Crippen LogP contribution in [0, 0.1) is 28.6 Å². The number of nitrogens with zero attached hydrogens (tertiary/aromatic N) is 6. The largest absolute Gasteiger partial charge is 0.465 e. The molecule has 2 aliphatic heterocycles. The van der Waals surface area contributed by atoms with E-state index in [4.69, 9.17) is 48.5 Å². The number of esters is 2. The molecule has 0 aliphatic carbocycles. The molecule has 0 radical (unpaired) electrons. The second-order valence-corrected chi connectivity index (χ2v) is 23.0. The molecular weight excluding hydrogens is 1130 g/mol. The minimum atomic E-state index is -4.41. The van der Waals surface area contributed by atoms with Crippen LogP contribution in [0.3, 0.4) is 0 Å². The van der Waals surface area contributed by atoms with Crippen molar-refractivity contribution in [2.24, 2.45) is 5.92 Å². The summed E-state index contributed by atoms with van der Waals surface area (Å²) in [7, 11) is -8.73. The van der Waals surface area contributed by atoms with E-state index < -0.39 is 101 Å². The van der Waals surface area contributed by atoms with Gasteiger partial charge in [0.05, 0.1) is 60.2 Å². The third kappa shape index (κ3) is 13.4. The van der Waals surface area contributed by atoms with Crippen molar-refractivity contribution < 1.29 is 76.2 Å². The molecule has 2 aliphatic rings. The molecule has 28 heteroatoms. The molecule has 444 valence electrons. The summed E-state index contributed by atoms with van der Waals surface area (Å²) in [5, 5.41) is 78.1. The van der Waals surface area contributed by atoms with E-state index in [9.17, 15) is 49.7 Å². The number of nitrogens with one attached hydrogen (secondary N) is 2. The second kappa shape index (κ2) is 26.9. The fourth-order valence-electron chi connectivity index (χ4n) is 9.37. The van der Waals surface area contributed by atoms with Crippen molar-refractivity contribution in [3.05, 3.63) is 157 Å². The lowest BCUT2D eigenvalue weighted by atomic mass is 9.92. The Labute approximate surface area is 482 Å². The molecule has 0 bridgehead atoms. The number of ether oxygens (including phenoxy) is 4. The van der Waals surface area contributed by atoms with Gasteiger partial charge in [-0.3, -0.25) is 18.6 Å². The van der Waals surface area contributed by atoms with Gasteiger partial charge >= 0.3 is 27.4 Å². The van der Waals surface area contributed by atoms with Crippen molar-refractivity contribution in [3.63, 3.8) is 0 Å². The van der Waals surface area contributed by atoms with Gasteiger partial charge in [0.25, 0.3) is 0 Å². The zero-order valence-corrected chi connectivity index (χ0v) is 47.7. The van der Waals surface area contributed by atoms with E-state index in [1.165, 1.54) is 33.6 Å². The van der Waals surface area contributed by atoms with Gasteiger partial charge in [-0.05, 0) is 92.4 Å². The van der Waals surface area contributed by atoms with Crippen molar-refractivity contribution in [1.82, 2.24) is 29.4 Å². The van der Waals surface area contributed by atoms with Crippen LogP contribution in [0.2, 0.25) is 0 Å². The topological polar surface area (TPSA) is 381 Å². The van der Waals surface area contributed by atoms with Crippen LogP contribution in [0.1, 0.15) is 44.6 Å². The molecule has 7 aromatic rings. The highest BCUT2D eigenvalue weighted by atomic mass is 31.2. The van der Waals surface area contributed by atoms with Gasteiger partial charge in [-0.2, -0.15) is 30.9 Å². The first-order chi connectivity index (χ1) is 40.2. The quantitative estimate of drug-likeness (QED) is 0.0313. The maximum absolute atomic E-state index is 14.3. The van der Waals surface area contributed by atoms with Crippen LogP contribution in [0.15, 0.2) is 140 Å². The Kier molecular flexibility index (Phi) is 19.9. The average Bonchev–Trinajstić information content (AvgIpc) is 2.33. The Hall–Kier alpha value is -7.78. The van der Waals surface area contributed by atoms with Gasteiger partial charge in [-0.1, -0.05) is 80.6 Å². The number of nitrogen functional groups attached to an aromatic ring is 2. The molecule has 26 nitrogen and oxygen atoms in total. The highest BCUT2D eigenvalue weighted by Crippen LogP contribution is 2.50. The van der Waals surface area contributed by atoms with Gasteiger partial charge in [0.1, 0.15) is 72.3 Å². The summed E-state index contributed by atoms with van der Waals surface area (Å²) in [4.78, 5) is 25.5. The molecule has 10 N–H and O–H groups in total. The number of aliphatic hydroxyl groups is 4. The first-order valence-electron chi connectivity index (χ1n) is 26.5. The molecule has 0 spiro atoms. The fraction of sp³-hybridized carbons (Fsp3) is 0.357. The van der Waals surface area contributed by atoms with Crippen LogP contribution >= 0.6 is 15.5 Å². The third-order valence-electron chi connectivity index (χ3n) is 13.6. The Balaban J connectivity index is 0.000000220. The minimum absolute atomic E-state index is 0.0850. The zero-order valence-electron chi connectivity index (χ0n) is 45.9. The summed E-state index contributed by atoms with van der Waals surface area (Å²) in [5.41, 5.74) is 10.6. The van der Waals surface area contributed by atoms with Crippen LogP contribution in [-0.4, -0.2) is 127 Å². The van der Waals surface area contributed by atoms with Crippen molar-refractivity contribution in [1.29, 1.82) is 10.5 Å². The standard InChI is InChI=1S/C30H32N5O8P.C26H32N5O8P/c1-2-40-29(38)23(17-20-9-5-3-6-10-20)34-44(39,43-21-11-7-4-8-12-21)41-18-25-27(36)28(37)30(19-31,42-25)26-14-13-24-22(32)15-16-33-35(24)26;1-4-36-25(34)22(16(2)3)30-40(35,39-17-8-6-5-7-9-17)37-14-20-23(32)24(33)26(15-27,38-20)21-11-10-19-18(28)12-13-29-31(19)21/h3-16,23,25,27-28,36-37H,2,17-18,32H2,1H3,(H,34,39);5-13,16,20,22-24,32-33H,4,14,28H2,1-3H3,(H,30,35)/t23-,25+,27+,28+,30-,44?;20-,22+,23-,24-,26+,40?/m01/s1. The van der Waals surface area contributed by atoms with Gasteiger partial charge in [0.15, 0.2) is 0 Å². The molecule has 9 rings (SSSR count). The summed E-state index contributed by atoms with van der Waals surface area (Å²) in [5.74, 6) is -1.33. The zero-order chi connectivity index (χ0) is 60.4. The van der Waals surface area contributed by atoms with Crippen molar-refractivity contribution in [2.45, 2.75) is 94.0 Å². The number of anilines is 2. The van der Waals surface area contributed by atoms with Gasteiger partial charge in [-0.15, -0.1) is 0 Å². The highest BCUT2D eigenvalue weighted by molar-refractivity contribution is 7.52. The first kappa shape index (κ1) is 62.3. The summed E-state index contributed by atoms with van der Waals surface area (Å²) in [6, 6.07) is 36.5. The van der Waals surface area contributed by atoms with E-state index in [2.05, 4.69) is 20.4 Å². The Morgan fingerprint density at radius 2 is 1.06 bits per heavy atom. The number of aliphatic hydroxyl groups excluding tert-OH is 4. The number of hydrogen-bond acceptors (Lipinski definition) is 22. The summed E-state index contributed by atoms with van der Waals surface area (Å²) < 4.78 is 76.0. The molecule has 12 atom stereocenters. The Bertz CT molecular complexity index is 3570. The van der Waals surface area contributed by atoms with Gasteiger partial charge in [0.2, 0.25) is 11.2 Å². The third-order valence-corrected chi connectivity index (χ3v) is 16.7. The van der Waals surface area contributed by atoms with E-state index in [-0.39, 0.29) is 48.4 Å². The Morgan fingerprint density at radius 3 is 1.48 bits per heavy atom. The molecule has 4 aromatic heterocycles. The van der Waals surface area contributed by atoms with Crippen LogP contribution in [-0.2, 0) is 64.3 Å². The van der Waals surface area contributed by atoms with Crippen molar-refractivity contribution in [2.75, 3.05) is 37.9 Å². The number of aromatic nitrogens is 4. The maximum Gasteiger partial charge on any atom is 0.459 e. The van der Waals surface area contributed by atoms with E-state index in [1.807, 2.05) is 18.2 Å². The van der Waals surface area contributed by atoms with Crippen LogP contribution in [0.25, 0.3) is 11.0 Å². The minimum Gasteiger partial charge on any atom is -0.465 e. The number of fused-ring (bicyclic) bond motifs is 2. The summed E-state index contributed by atoms with van der Waals surface area (Å²) >= 11 is 0. The predicted molar refractivity (Wildman–Crippen MR) is 301 cm³/mol. The van der Waals surface area contributed by atoms with Gasteiger partial charge < -0.3 is 59.9 Å². The number of para-hydroxylation sites is 2. The lowest BCUT2D eigenvalue weighted by Crippen LogP contribution is -2.42. The van der Waals surface area contributed by atoms with Crippen LogP contribution in [0.4, 0.5) is 11.4 Å². The van der Waals surface area contributed by atoms with E-state index in [1.54, 1.807) is 137 Å². The smallest absolute Gasteiger partial charge is 0.459 e. The molecule has 2 fully saturated rings. The monoisotopic (exact) mass is 1190 g/mol. The summed E-state index contributed by atoms with van der Waals surface area (Å²) in [6.07, 6.45) is -6.45. The van der Waals surface area contributed by atoms with Crippen LogP contribution in [0.5, 0.6) is 11.5 Å². The molecule has 0 amide bonds. The van der Waals surface area contributed by atoms with E-state index in [0.29, 0.717) is 22.4 Å². The normalized spacial score (nSPS) is 24.1. The predicted octanol–water partition coefficient (Wildman–Crippen LogP) is 4.86. The maximum atomic E-state index is 14.3. The Morgan fingerprint density at radius 1 is 0.643 bits per heavy atom. The molecule has 2 saturated heterocycles. The van der Waals surface area contributed by atoms with E-state index in [0.717, 1.165) is 5.56 Å². The first-order valence-corrected chi connectivity index (χ1v) is 29.6. The molecule has 84 heavy (non-hydrogen) atoms. The lowest BCUT2D eigenvalue weighted by Gasteiger charge is -2.27. The van der Waals surface area contributed by atoms with Crippen LogP contribution < -0.4 is 30.7 Å². The molecule has 2 unspecified atom stereocenters. The van der Waals surface area contributed by atoms with Gasteiger partial charge in [-0.25, -0.2) is 18.2 Å².